The highest BCUT2D eigenvalue weighted by atomic mass is 16.3. The third kappa shape index (κ3) is 3.66. The van der Waals surface area contributed by atoms with Crippen molar-refractivity contribution in [2.75, 3.05) is 0 Å². The van der Waals surface area contributed by atoms with E-state index in [9.17, 15) is 5.11 Å². The molecule has 4 rings (SSSR count). The molecule has 0 heterocycles. The number of rotatable bonds is 5. The zero-order valence-corrected chi connectivity index (χ0v) is 20.2. The first-order valence-electron chi connectivity index (χ1n) is 13.1. The van der Waals surface area contributed by atoms with E-state index in [0.29, 0.717) is 16.7 Å². The fourth-order valence-electron chi connectivity index (χ4n) is 9.17. The maximum absolute atomic E-state index is 10.3. The highest BCUT2D eigenvalue weighted by Gasteiger charge is 2.60. The van der Waals surface area contributed by atoms with E-state index in [1.807, 2.05) is 0 Å². The lowest BCUT2D eigenvalue weighted by Gasteiger charge is -2.60. The maximum Gasteiger partial charge on any atom is 0.0724 e. The lowest BCUT2D eigenvalue weighted by atomic mass is 9.45. The molecule has 0 amide bonds. The highest BCUT2D eigenvalue weighted by molar-refractivity contribution is 5.27. The second kappa shape index (κ2) is 7.99. The summed E-state index contributed by atoms with van der Waals surface area (Å²) in [6.07, 6.45) is 15.8. The van der Waals surface area contributed by atoms with Gasteiger partial charge in [-0.3, -0.25) is 0 Å². The lowest BCUT2D eigenvalue weighted by molar-refractivity contribution is -0.0720. The van der Waals surface area contributed by atoms with Gasteiger partial charge in [0.1, 0.15) is 0 Å². The molecule has 3 fully saturated rings. The Morgan fingerprint density at radius 2 is 1.76 bits per heavy atom. The number of hydrogen-bond donors (Lipinski definition) is 1. The summed E-state index contributed by atoms with van der Waals surface area (Å²) < 4.78 is 0. The van der Waals surface area contributed by atoms with Crippen LogP contribution in [-0.4, -0.2) is 11.2 Å². The van der Waals surface area contributed by atoms with Crippen molar-refractivity contribution in [3.63, 3.8) is 0 Å². The number of aliphatic hydroxyl groups is 1. The van der Waals surface area contributed by atoms with Crippen LogP contribution in [0, 0.1) is 52.3 Å². The highest BCUT2D eigenvalue weighted by Crippen LogP contribution is 2.68. The Morgan fingerprint density at radius 3 is 2.48 bits per heavy atom. The summed E-state index contributed by atoms with van der Waals surface area (Å²) in [5, 5.41) is 10.3. The van der Waals surface area contributed by atoms with Crippen LogP contribution in [0.4, 0.5) is 0 Å². The van der Waals surface area contributed by atoms with E-state index in [1.54, 1.807) is 5.57 Å². The van der Waals surface area contributed by atoms with Gasteiger partial charge in [0.25, 0.3) is 0 Å². The molecule has 1 N–H and O–H groups in total. The van der Waals surface area contributed by atoms with Gasteiger partial charge in [0.05, 0.1) is 6.10 Å². The van der Waals surface area contributed by atoms with Crippen LogP contribution in [0.1, 0.15) is 106 Å². The first kappa shape index (κ1) is 21.9. The molecule has 0 radical (unpaired) electrons. The van der Waals surface area contributed by atoms with Crippen LogP contribution >= 0.6 is 0 Å². The number of fused-ring (bicyclic) bond motifs is 5. The van der Waals surface area contributed by atoms with Crippen molar-refractivity contribution < 1.29 is 5.11 Å². The minimum absolute atomic E-state index is 0.187. The molecule has 0 unspecified atom stereocenters. The molecule has 0 aromatic carbocycles. The van der Waals surface area contributed by atoms with Crippen LogP contribution in [0.15, 0.2) is 11.6 Å². The van der Waals surface area contributed by atoms with Gasteiger partial charge in [0.2, 0.25) is 0 Å². The molecule has 1 nitrogen and oxygen atoms in total. The fourth-order valence-corrected chi connectivity index (χ4v) is 9.17. The molecule has 0 aromatic rings. The quantitative estimate of drug-likeness (QED) is 0.470. The van der Waals surface area contributed by atoms with E-state index in [0.717, 1.165) is 41.9 Å². The van der Waals surface area contributed by atoms with Crippen molar-refractivity contribution in [3.8, 4) is 0 Å². The van der Waals surface area contributed by atoms with Crippen molar-refractivity contribution >= 4 is 0 Å². The van der Waals surface area contributed by atoms with Crippen molar-refractivity contribution in [2.45, 2.75) is 112 Å². The Hall–Kier alpha value is -0.300. The standard InChI is InChI=1S/C28H48O/c1-18(2)8-7-9-19(3)23-10-11-24-22-16-20(4)26-17-21(29)12-14-28(26,6)25(22)13-15-27(23,24)5/h17-25,29H,7-16H2,1-6H3/t19-,20+,21+,22+,23-,24+,25+,27-,28-/m1/s1. The topological polar surface area (TPSA) is 20.2 Å². The monoisotopic (exact) mass is 400 g/mol. The number of hydrogen-bond acceptors (Lipinski definition) is 1. The third-order valence-electron chi connectivity index (χ3n) is 10.6. The fraction of sp³-hybridized carbons (Fsp3) is 0.929. The molecular weight excluding hydrogens is 352 g/mol. The molecule has 4 aliphatic rings. The predicted molar refractivity (Wildman–Crippen MR) is 124 cm³/mol. The van der Waals surface area contributed by atoms with Gasteiger partial charge < -0.3 is 5.11 Å². The molecule has 0 saturated heterocycles. The first-order chi connectivity index (χ1) is 13.7. The second-order valence-electron chi connectivity index (χ2n) is 12.7. The van der Waals surface area contributed by atoms with E-state index in [-0.39, 0.29) is 6.10 Å². The Bertz CT molecular complexity index is 620. The van der Waals surface area contributed by atoms with Crippen LogP contribution in [0.5, 0.6) is 0 Å². The second-order valence-corrected chi connectivity index (χ2v) is 12.7. The number of aliphatic hydroxyl groups excluding tert-OH is 1. The van der Waals surface area contributed by atoms with Gasteiger partial charge in [-0.2, -0.15) is 0 Å². The minimum Gasteiger partial charge on any atom is -0.389 e. The molecule has 4 aliphatic carbocycles. The normalized spacial score (nSPS) is 47.9. The summed E-state index contributed by atoms with van der Waals surface area (Å²) in [5.74, 6) is 6.11. The van der Waals surface area contributed by atoms with Gasteiger partial charge in [0.15, 0.2) is 0 Å². The molecule has 0 aliphatic heterocycles. The van der Waals surface area contributed by atoms with Crippen LogP contribution in [0.3, 0.4) is 0 Å². The summed E-state index contributed by atoms with van der Waals surface area (Å²) in [6.45, 7) is 15.1. The smallest absolute Gasteiger partial charge is 0.0724 e. The molecule has 29 heavy (non-hydrogen) atoms. The Labute approximate surface area is 181 Å². The molecule has 0 aromatic heterocycles. The van der Waals surface area contributed by atoms with Gasteiger partial charge in [-0.15, -0.1) is 0 Å². The maximum atomic E-state index is 10.3. The zero-order valence-electron chi connectivity index (χ0n) is 20.2. The molecular formula is C28H48O. The van der Waals surface area contributed by atoms with E-state index < -0.39 is 0 Å². The van der Waals surface area contributed by atoms with Crippen molar-refractivity contribution in [2.24, 2.45) is 52.3 Å². The average Bonchev–Trinajstić information content (AvgIpc) is 3.00. The average molecular weight is 401 g/mol. The van der Waals surface area contributed by atoms with Crippen molar-refractivity contribution in [3.05, 3.63) is 11.6 Å². The Morgan fingerprint density at radius 1 is 1.00 bits per heavy atom. The number of allylic oxidation sites excluding steroid dienone is 1. The van der Waals surface area contributed by atoms with Crippen LogP contribution in [0.25, 0.3) is 0 Å². The van der Waals surface area contributed by atoms with Crippen LogP contribution in [-0.2, 0) is 0 Å². The van der Waals surface area contributed by atoms with Gasteiger partial charge >= 0.3 is 0 Å². The summed E-state index contributed by atoms with van der Waals surface area (Å²) in [7, 11) is 0. The van der Waals surface area contributed by atoms with E-state index in [1.165, 1.54) is 57.8 Å². The van der Waals surface area contributed by atoms with Gasteiger partial charge in [-0.1, -0.05) is 72.5 Å². The first-order valence-corrected chi connectivity index (χ1v) is 13.1. The Kier molecular flexibility index (Phi) is 6.04. The zero-order chi connectivity index (χ0) is 21.0. The minimum atomic E-state index is -0.187. The molecule has 3 saturated carbocycles. The van der Waals surface area contributed by atoms with E-state index in [2.05, 4.69) is 47.6 Å². The Balaban J connectivity index is 1.52. The molecule has 1 heteroatoms. The van der Waals surface area contributed by atoms with Crippen LogP contribution < -0.4 is 0 Å². The van der Waals surface area contributed by atoms with Gasteiger partial charge in [-0.25, -0.2) is 0 Å². The van der Waals surface area contributed by atoms with Crippen LogP contribution in [0.2, 0.25) is 0 Å². The van der Waals surface area contributed by atoms with Crippen molar-refractivity contribution in [1.82, 2.24) is 0 Å². The largest absolute Gasteiger partial charge is 0.389 e. The predicted octanol–water partition coefficient (Wildman–Crippen LogP) is 7.63. The third-order valence-corrected chi connectivity index (χ3v) is 10.6. The van der Waals surface area contributed by atoms with Gasteiger partial charge in [0, 0.05) is 0 Å². The molecule has 166 valence electrons. The van der Waals surface area contributed by atoms with E-state index >= 15 is 0 Å². The molecule has 0 bridgehead atoms. The van der Waals surface area contributed by atoms with E-state index in [4.69, 9.17) is 0 Å². The summed E-state index contributed by atoms with van der Waals surface area (Å²) in [5.41, 5.74) is 2.58. The SMILES string of the molecule is CC(C)CCC[C@@H](C)[C@H]1CC[C@H]2[C@@H]3C[C@H](C)C4=C[C@@H](O)CC[C@]4(C)[C@H]3CC[C@]12C. The summed E-state index contributed by atoms with van der Waals surface area (Å²) >= 11 is 0. The molecule has 0 spiro atoms. The summed E-state index contributed by atoms with van der Waals surface area (Å²) in [4.78, 5) is 0. The van der Waals surface area contributed by atoms with Crippen molar-refractivity contribution in [1.29, 1.82) is 0 Å². The van der Waals surface area contributed by atoms with Gasteiger partial charge in [-0.05, 0) is 97.2 Å². The summed E-state index contributed by atoms with van der Waals surface area (Å²) in [6, 6.07) is 0. The molecule has 9 atom stereocenters. The lowest BCUT2D eigenvalue weighted by Crippen LogP contribution is -2.52.